The van der Waals surface area contributed by atoms with Gasteiger partial charge in [0.2, 0.25) is 11.8 Å². The quantitative estimate of drug-likeness (QED) is 0.118. The number of fused-ring (bicyclic) bond motifs is 1. The van der Waals surface area contributed by atoms with Gasteiger partial charge >= 0.3 is 0 Å². The summed E-state index contributed by atoms with van der Waals surface area (Å²) in [6.45, 7) is 1.84. The fourth-order valence-corrected chi connectivity index (χ4v) is 7.59. The smallest absolute Gasteiger partial charge is 0.220 e. The highest BCUT2D eigenvalue weighted by Gasteiger charge is 2.22. The van der Waals surface area contributed by atoms with Crippen LogP contribution in [-0.4, -0.2) is 69.3 Å². The summed E-state index contributed by atoms with van der Waals surface area (Å²) >= 11 is 14.3. The second-order valence-corrected chi connectivity index (χ2v) is 13.9. The van der Waals surface area contributed by atoms with Gasteiger partial charge in [0.25, 0.3) is 0 Å². The minimum atomic E-state index is -0.188. The van der Waals surface area contributed by atoms with Gasteiger partial charge in [0.1, 0.15) is 0 Å². The Morgan fingerprint density at radius 1 is 0.941 bits per heavy atom. The Morgan fingerprint density at radius 2 is 1.75 bits per heavy atom. The third kappa shape index (κ3) is 7.68. The Hall–Kier alpha value is -4.26. The number of methoxy groups -OCH3 is 2. The molecular formula is C38H41Cl2N7O4. The van der Waals surface area contributed by atoms with Crippen LogP contribution < -0.4 is 25.4 Å². The third-order valence-corrected chi connectivity index (χ3v) is 10.5. The molecule has 266 valence electrons. The number of benzene rings is 1. The van der Waals surface area contributed by atoms with Crippen LogP contribution in [0.3, 0.4) is 0 Å². The average Bonchev–Trinajstić information content (AvgIpc) is 3.76. The van der Waals surface area contributed by atoms with Crippen LogP contribution in [-0.2, 0) is 17.9 Å². The zero-order valence-electron chi connectivity index (χ0n) is 28.6. The molecule has 4 N–H and O–H groups in total. The minimum absolute atomic E-state index is 0.0979. The Kier molecular flexibility index (Phi) is 10.7. The van der Waals surface area contributed by atoms with E-state index in [4.69, 9.17) is 42.6 Å². The van der Waals surface area contributed by atoms with Crippen LogP contribution >= 0.6 is 23.2 Å². The van der Waals surface area contributed by atoms with Crippen LogP contribution in [0, 0.1) is 0 Å². The summed E-state index contributed by atoms with van der Waals surface area (Å²) < 4.78 is 13.4. The summed E-state index contributed by atoms with van der Waals surface area (Å²) in [5.41, 5.74) is 6.72. The molecule has 0 radical (unpaired) electrons. The summed E-state index contributed by atoms with van der Waals surface area (Å²) in [5.74, 6) is 1.20. The maximum Gasteiger partial charge on any atom is 0.220 e. The summed E-state index contributed by atoms with van der Waals surface area (Å²) in [6.07, 6.45) is 10.4. The second kappa shape index (κ2) is 15.5. The molecule has 0 unspecified atom stereocenters. The van der Waals surface area contributed by atoms with Gasteiger partial charge in [-0.05, 0) is 50.3 Å². The van der Waals surface area contributed by atoms with Crippen molar-refractivity contribution >= 4 is 34.8 Å². The van der Waals surface area contributed by atoms with E-state index in [1.807, 2.05) is 59.3 Å². The van der Waals surface area contributed by atoms with E-state index in [-0.39, 0.29) is 18.1 Å². The molecule has 1 amide bonds. The molecule has 1 aromatic carbocycles. The fourth-order valence-electron chi connectivity index (χ4n) is 6.94. The van der Waals surface area contributed by atoms with Gasteiger partial charge in [0, 0.05) is 84.5 Å². The molecule has 4 aromatic heterocycles. The van der Waals surface area contributed by atoms with Crippen molar-refractivity contribution in [1.82, 2.24) is 35.3 Å². The van der Waals surface area contributed by atoms with E-state index in [1.165, 1.54) is 0 Å². The normalized spacial score (nSPS) is 19.0. The molecule has 11 nitrogen and oxygen atoms in total. The average molecular weight is 731 g/mol. The molecule has 7 rings (SSSR count). The first-order chi connectivity index (χ1) is 24.8. The number of ether oxygens (including phenoxy) is 2. The monoisotopic (exact) mass is 729 g/mol. The number of hydrogen-bond donors (Lipinski definition) is 4. The van der Waals surface area contributed by atoms with E-state index < -0.39 is 0 Å². The molecular weight excluding hydrogens is 689 g/mol. The van der Waals surface area contributed by atoms with Gasteiger partial charge in [-0.2, -0.15) is 0 Å². The minimum Gasteiger partial charge on any atom is -0.493 e. The largest absolute Gasteiger partial charge is 0.493 e. The number of nitrogens with one attached hydrogen (secondary N) is 3. The number of carbonyl (C=O) groups is 1. The Bertz CT molecular complexity index is 2050. The predicted molar refractivity (Wildman–Crippen MR) is 198 cm³/mol. The molecule has 0 spiro atoms. The van der Waals surface area contributed by atoms with Crippen molar-refractivity contribution in [3.05, 3.63) is 82.4 Å². The number of hydrogen-bond acceptors (Lipinski definition) is 9. The number of aliphatic hydroxyl groups is 1. The third-order valence-electron chi connectivity index (χ3n) is 9.71. The van der Waals surface area contributed by atoms with Crippen LogP contribution in [0.25, 0.3) is 39.3 Å². The lowest BCUT2D eigenvalue weighted by molar-refractivity contribution is -0.119. The lowest BCUT2D eigenvalue weighted by Gasteiger charge is -2.25. The van der Waals surface area contributed by atoms with E-state index in [0.29, 0.717) is 70.8 Å². The Balaban J connectivity index is 1.13. The van der Waals surface area contributed by atoms with E-state index in [1.54, 1.807) is 20.4 Å². The maximum atomic E-state index is 11.5. The zero-order valence-corrected chi connectivity index (χ0v) is 30.1. The molecule has 2 aliphatic rings. The number of imidazole rings is 1. The van der Waals surface area contributed by atoms with Crippen molar-refractivity contribution in [2.45, 2.75) is 69.8 Å². The van der Waals surface area contributed by atoms with Crippen molar-refractivity contribution in [2.24, 2.45) is 0 Å². The number of aliphatic hydroxyl groups excluding tert-OH is 1. The van der Waals surface area contributed by atoms with Gasteiger partial charge in [0.15, 0.2) is 11.4 Å². The zero-order chi connectivity index (χ0) is 35.5. The molecule has 51 heavy (non-hydrogen) atoms. The van der Waals surface area contributed by atoms with Gasteiger partial charge in [-0.25, -0.2) is 9.97 Å². The first kappa shape index (κ1) is 35.2. The standard InChI is InChI=1S/C38H41Cl2N7O4/c1-50-32-16-23(20-47-21-26(45-37(32)47)19-43-24-7-10-27(48)11-8-24)36-35(40)29(14-15-42-36)28-4-3-5-30(34(28)39)31-12-6-22(38(46-31)51-2)17-41-18-25-9-13-33(49)44-25/h3-6,12,14-16,20-21,24-25,27,41,43,48H,7-11,13,17-19H2,1-2H3,(H,44,49)/t24-,25-,27-/m0/s1. The van der Waals surface area contributed by atoms with E-state index in [2.05, 4.69) is 20.9 Å². The van der Waals surface area contributed by atoms with Crippen molar-refractivity contribution in [2.75, 3.05) is 20.8 Å². The van der Waals surface area contributed by atoms with Crippen molar-refractivity contribution in [1.29, 1.82) is 0 Å². The highest BCUT2D eigenvalue weighted by molar-refractivity contribution is 6.39. The summed E-state index contributed by atoms with van der Waals surface area (Å²) in [6, 6.07) is 13.9. The molecule has 5 heterocycles. The topological polar surface area (TPSA) is 135 Å². The lowest BCUT2D eigenvalue weighted by atomic mass is 9.93. The number of pyridine rings is 3. The fraction of sp³-hybridized carbons (Fsp3) is 0.368. The second-order valence-electron chi connectivity index (χ2n) is 13.1. The number of rotatable bonds is 12. The maximum absolute atomic E-state index is 11.5. The molecule has 2 fully saturated rings. The van der Waals surface area contributed by atoms with Gasteiger partial charge in [-0.15, -0.1) is 0 Å². The Labute approximate surface area is 306 Å². The highest BCUT2D eigenvalue weighted by atomic mass is 35.5. The Morgan fingerprint density at radius 3 is 2.51 bits per heavy atom. The van der Waals surface area contributed by atoms with Crippen molar-refractivity contribution in [3.8, 4) is 45.3 Å². The number of nitrogens with zero attached hydrogens (tertiary/aromatic N) is 4. The molecule has 1 aliphatic heterocycles. The number of amides is 1. The first-order valence-corrected chi connectivity index (χ1v) is 18.0. The van der Waals surface area contributed by atoms with E-state index in [9.17, 15) is 9.90 Å². The number of aromatic nitrogens is 4. The molecule has 1 atom stereocenters. The summed E-state index contributed by atoms with van der Waals surface area (Å²) in [4.78, 5) is 25.8. The predicted octanol–water partition coefficient (Wildman–Crippen LogP) is 6.21. The van der Waals surface area contributed by atoms with Crippen LogP contribution in [0.15, 0.2) is 61.1 Å². The first-order valence-electron chi connectivity index (χ1n) is 17.3. The van der Waals surface area contributed by atoms with E-state index >= 15 is 0 Å². The molecule has 5 aromatic rings. The SMILES string of the molecule is COc1nc(-c2cccc(-c3ccnc(-c4cc(OC)c5nc(CN[C@H]6CC[C@H](O)CC6)cn5c4)c3Cl)c2Cl)ccc1CNC[C@@H]1CCC(=O)N1. The van der Waals surface area contributed by atoms with Crippen LogP contribution in [0.1, 0.15) is 49.8 Å². The molecule has 1 saturated heterocycles. The number of halogens is 2. The molecule has 13 heteroatoms. The van der Waals surface area contributed by atoms with Crippen LogP contribution in [0.5, 0.6) is 11.6 Å². The van der Waals surface area contributed by atoms with Crippen LogP contribution in [0.2, 0.25) is 10.0 Å². The van der Waals surface area contributed by atoms with Crippen molar-refractivity contribution < 1.29 is 19.4 Å². The van der Waals surface area contributed by atoms with Gasteiger partial charge < -0.3 is 34.9 Å². The molecule has 1 aliphatic carbocycles. The van der Waals surface area contributed by atoms with E-state index in [0.717, 1.165) is 65.6 Å². The van der Waals surface area contributed by atoms with Crippen molar-refractivity contribution in [3.63, 3.8) is 0 Å². The van der Waals surface area contributed by atoms with Gasteiger partial charge in [-0.3, -0.25) is 9.78 Å². The molecule has 0 bridgehead atoms. The summed E-state index contributed by atoms with van der Waals surface area (Å²) in [5, 5.41) is 20.8. The molecule has 1 saturated carbocycles. The van der Waals surface area contributed by atoms with Gasteiger partial charge in [0.05, 0.1) is 47.5 Å². The highest BCUT2D eigenvalue weighted by Crippen LogP contribution is 2.42. The number of carbonyl (C=O) groups excluding carboxylic acids is 1. The lowest BCUT2D eigenvalue weighted by Crippen LogP contribution is -2.35. The van der Waals surface area contributed by atoms with Gasteiger partial charge in [-0.1, -0.05) is 47.5 Å². The van der Waals surface area contributed by atoms with Crippen LogP contribution in [0.4, 0.5) is 0 Å². The summed E-state index contributed by atoms with van der Waals surface area (Å²) in [7, 11) is 3.22.